The number of carbonyl (C=O) groups excluding carboxylic acids is 1. The number of H-pyrrole nitrogens is 1. The Morgan fingerprint density at radius 2 is 1.93 bits per heavy atom. The molecule has 4 aromatic rings. The van der Waals surface area contributed by atoms with Gasteiger partial charge in [-0.05, 0) is 54.8 Å². The fourth-order valence-electron chi connectivity index (χ4n) is 3.23. The van der Waals surface area contributed by atoms with Gasteiger partial charge in [0.15, 0.2) is 0 Å². The number of amides is 1. The van der Waals surface area contributed by atoms with Gasteiger partial charge < -0.3 is 15.6 Å². The number of para-hydroxylation sites is 1. The van der Waals surface area contributed by atoms with Crippen molar-refractivity contribution < 1.29 is 4.79 Å². The molecule has 0 bridgehead atoms. The molecule has 0 saturated carbocycles. The first-order chi connectivity index (χ1) is 13.7. The van der Waals surface area contributed by atoms with Crippen LogP contribution in [0.3, 0.4) is 0 Å². The normalized spacial score (nSPS) is 10.8. The van der Waals surface area contributed by atoms with Gasteiger partial charge >= 0.3 is 0 Å². The summed E-state index contributed by atoms with van der Waals surface area (Å²) >= 11 is 0. The van der Waals surface area contributed by atoms with E-state index in [9.17, 15) is 4.79 Å². The van der Waals surface area contributed by atoms with Crippen molar-refractivity contribution >= 4 is 28.2 Å². The minimum absolute atomic E-state index is 0.212. The van der Waals surface area contributed by atoms with Crippen molar-refractivity contribution in [2.24, 2.45) is 0 Å². The van der Waals surface area contributed by atoms with Gasteiger partial charge in [0.2, 0.25) is 0 Å². The van der Waals surface area contributed by atoms with Gasteiger partial charge in [-0.3, -0.25) is 4.79 Å². The lowest BCUT2D eigenvalue weighted by Gasteiger charge is -2.08. The molecule has 140 valence electrons. The Labute approximate surface area is 163 Å². The van der Waals surface area contributed by atoms with E-state index in [0.29, 0.717) is 5.69 Å². The van der Waals surface area contributed by atoms with Crippen molar-refractivity contribution in [1.82, 2.24) is 9.97 Å². The topological polar surface area (TPSA) is 69.8 Å². The maximum absolute atomic E-state index is 12.3. The van der Waals surface area contributed by atoms with Crippen molar-refractivity contribution in [1.29, 1.82) is 0 Å². The van der Waals surface area contributed by atoms with E-state index in [4.69, 9.17) is 0 Å². The molecule has 0 aliphatic rings. The molecular weight excluding hydrogens is 348 g/mol. The highest BCUT2D eigenvalue weighted by molar-refractivity contribution is 6.03. The number of fused-ring (bicyclic) bond motifs is 1. The van der Waals surface area contributed by atoms with Crippen molar-refractivity contribution in [3.05, 3.63) is 89.9 Å². The molecule has 2 heterocycles. The molecule has 1 amide bonds. The average Bonchev–Trinajstić information content (AvgIpc) is 3.12. The number of aromatic amines is 1. The third-order valence-electron chi connectivity index (χ3n) is 4.67. The number of carbonyl (C=O) groups is 1. The predicted octanol–water partition coefficient (Wildman–Crippen LogP) is 4.78. The van der Waals surface area contributed by atoms with Gasteiger partial charge in [-0.1, -0.05) is 30.3 Å². The van der Waals surface area contributed by atoms with Crippen LogP contribution in [0.4, 0.5) is 11.4 Å². The lowest BCUT2D eigenvalue weighted by atomic mass is 10.1. The highest BCUT2D eigenvalue weighted by atomic mass is 16.1. The molecular formula is C23H22N4O. The van der Waals surface area contributed by atoms with Crippen LogP contribution < -0.4 is 10.6 Å². The fraction of sp³-hybridized carbons (Fsp3) is 0.130. The van der Waals surface area contributed by atoms with Gasteiger partial charge in [0.05, 0.1) is 11.9 Å². The van der Waals surface area contributed by atoms with Crippen LogP contribution in [0.15, 0.2) is 73.1 Å². The summed E-state index contributed by atoms with van der Waals surface area (Å²) < 4.78 is 0. The average molecular weight is 370 g/mol. The second kappa shape index (κ2) is 7.96. The number of hydrogen-bond donors (Lipinski definition) is 3. The molecule has 28 heavy (non-hydrogen) atoms. The summed E-state index contributed by atoms with van der Waals surface area (Å²) in [6, 6.07) is 19.6. The molecule has 0 aliphatic carbocycles. The van der Waals surface area contributed by atoms with Crippen molar-refractivity contribution in [2.75, 3.05) is 17.2 Å². The van der Waals surface area contributed by atoms with Crippen LogP contribution in [-0.2, 0) is 6.42 Å². The first-order valence-corrected chi connectivity index (χ1v) is 9.32. The molecule has 0 atom stereocenters. The zero-order valence-electron chi connectivity index (χ0n) is 15.7. The van der Waals surface area contributed by atoms with Crippen LogP contribution >= 0.6 is 0 Å². The third kappa shape index (κ3) is 4.04. The molecule has 0 unspecified atom stereocenters. The van der Waals surface area contributed by atoms with E-state index in [0.717, 1.165) is 35.4 Å². The second-order valence-electron chi connectivity index (χ2n) is 6.79. The number of nitrogens with one attached hydrogen (secondary N) is 3. The molecule has 0 spiro atoms. The van der Waals surface area contributed by atoms with Crippen molar-refractivity contribution in [2.45, 2.75) is 13.3 Å². The van der Waals surface area contributed by atoms with Gasteiger partial charge in [-0.25, -0.2) is 4.98 Å². The zero-order chi connectivity index (χ0) is 19.3. The van der Waals surface area contributed by atoms with E-state index in [1.54, 1.807) is 12.3 Å². The summed E-state index contributed by atoms with van der Waals surface area (Å²) in [7, 11) is 0. The largest absolute Gasteiger partial charge is 0.383 e. The first-order valence-electron chi connectivity index (χ1n) is 9.32. The number of rotatable bonds is 6. The molecule has 2 aromatic heterocycles. The number of hydrogen-bond acceptors (Lipinski definition) is 3. The molecule has 3 N–H and O–H groups in total. The maximum Gasteiger partial charge on any atom is 0.274 e. The number of benzene rings is 2. The Morgan fingerprint density at radius 1 is 1.04 bits per heavy atom. The van der Waals surface area contributed by atoms with E-state index >= 15 is 0 Å². The van der Waals surface area contributed by atoms with Crippen molar-refractivity contribution in [3.8, 4) is 0 Å². The molecule has 0 saturated heterocycles. The Hall–Kier alpha value is -3.60. The molecule has 2 aromatic carbocycles. The summed E-state index contributed by atoms with van der Waals surface area (Å²) in [4.78, 5) is 19.9. The van der Waals surface area contributed by atoms with Crippen LogP contribution in [0.5, 0.6) is 0 Å². The summed E-state index contributed by atoms with van der Waals surface area (Å²) in [5, 5.41) is 7.49. The number of aryl methyl sites for hydroxylation is 1. The van der Waals surface area contributed by atoms with Gasteiger partial charge in [0.25, 0.3) is 5.91 Å². The number of nitrogens with zero attached hydrogens (tertiary/aromatic N) is 1. The van der Waals surface area contributed by atoms with Gasteiger partial charge in [-0.2, -0.15) is 0 Å². The second-order valence-corrected chi connectivity index (χ2v) is 6.79. The van der Waals surface area contributed by atoms with Gasteiger partial charge in [-0.15, -0.1) is 0 Å². The van der Waals surface area contributed by atoms with E-state index in [2.05, 4.69) is 45.0 Å². The Kier molecular flexibility index (Phi) is 5.06. The molecule has 0 aliphatic heterocycles. The van der Waals surface area contributed by atoms with Crippen LogP contribution in [-0.4, -0.2) is 22.4 Å². The third-order valence-corrected chi connectivity index (χ3v) is 4.67. The highest BCUT2D eigenvalue weighted by Gasteiger charge is 2.08. The molecule has 5 nitrogen and oxygen atoms in total. The fourth-order valence-corrected chi connectivity index (χ4v) is 3.23. The van der Waals surface area contributed by atoms with Crippen LogP contribution in [0.2, 0.25) is 0 Å². The van der Waals surface area contributed by atoms with Gasteiger partial charge in [0.1, 0.15) is 5.69 Å². The lowest BCUT2D eigenvalue weighted by molar-refractivity contribution is 0.102. The number of pyridine rings is 1. The monoisotopic (exact) mass is 370 g/mol. The molecule has 0 radical (unpaired) electrons. The van der Waals surface area contributed by atoms with Crippen molar-refractivity contribution in [3.63, 3.8) is 0 Å². The summed E-state index contributed by atoms with van der Waals surface area (Å²) in [6.07, 6.45) is 4.66. The maximum atomic E-state index is 12.3. The smallest absolute Gasteiger partial charge is 0.274 e. The number of aromatic nitrogens is 2. The minimum atomic E-state index is -0.212. The number of anilines is 2. The van der Waals surface area contributed by atoms with Crippen LogP contribution in [0.1, 0.15) is 21.6 Å². The standard InChI is InChI=1S/C23H22N4O/c1-16-5-4-6-18(13-16)27-23(28)22-10-9-19(15-26-22)24-12-11-17-14-25-21-8-3-2-7-20(17)21/h2-10,13-15,24-25H,11-12H2,1H3,(H,27,28). The molecule has 4 rings (SSSR count). The molecule has 5 heteroatoms. The molecule has 0 fully saturated rings. The van der Waals surface area contributed by atoms with Crippen LogP contribution in [0.25, 0.3) is 10.9 Å². The SMILES string of the molecule is Cc1cccc(NC(=O)c2ccc(NCCc3c[nH]c4ccccc34)cn2)c1. The summed E-state index contributed by atoms with van der Waals surface area (Å²) in [5.41, 5.74) is 5.59. The van der Waals surface area contributed by atoms with Crippen LogP contribution in [0, 0.1) is 6.92 Å². The minimum Gasteiger partial charge on any atom is -0.383 e. The quantitative estimate of drug-likeness (QED) is 0.457. The Balaban J connectivity index is 1.33. The summed E-state index contributed by atoms with van der Waals surface area (Å²) in [5.74, 6) is -0.212. The van der Waals surface area contributed by atoms with E-state index in [1.165, 1.54) is 10.9 Å². The zero-order valence-corrected chi connectivity index (χ0v) is 15.7. The summed E-state index contributed by atoms with van der Waals surface area (Å²) in [6.45, 7) is 2.78. The highest BCUT2D eigenvalue weighted by Crippen LogP contribution is 2.18. The lowest BCUT2D eigenvalue weighted by Crippen LogP contribution is -2.14. The van der Waals surface area contributed by atoms with E-state index < -0.39 is 0 Å². The Morgan fingerprint density at radius 3 is 2.75 bits per heavy atom. The van der Waals surface area contributed by atoms with Gasteiger partial charge in [0, 0.05) is 29.3 Å². The van der Waals surface area contributed by atoms with E-state index in [1.807, 2.05) is 43.3 Å². The first kappa shape index (κ1) is 17.8. The Bertz CT molecular complexity index is 1100. The van der Waals surface area contributed by atoms with E-state index in [-0.39, 0.29) is 5.91 Å². The predicted molar refractivity (Wildman–Crippen MR) is 114 cm³/mol.